The van der Waals surface area contributed by atoms with E-state index in [1.54, 1.807) is 0 Å². The summed E-state index contributed by atoms with van der Waals surface area (Å²) >= 11 is 0. The molecule has 1 amide bonds. The smallest absolute Gasteiger partial charge is 0.239 e. The molecule has 0 aliphatic rings. The molecule has 3 nitrogen and oxygen atoms in total. The lowest BCUT2D eigenvalue weighted by Crippen LogP contribution is -2.55. The first-order chi connectivity index (χ1) is 6.31. The zero-order valence-corrected chi connectivity index (χ0v) is 10.3. The molecule has 0 aromatic heterocycles. The van der Waals surface area contributed by atoms with Gasteiger partial charge in [0.25, 0.3) is 0 Å². The minimum absolute atomic E-state index is 0.0700. The molecular formula is C11H24N2O. The molecule has 0 aromatic carbocycles. The van der Waals surface area contributed by atoms with E-state index in [1.165, 1.54) is 0 Å². The van der Waals surface area contributed by atoms with Gasteiger partial charge in [-0.2, -0.15) is 0 Å². The molecule has 0 spiro atoms. The lowest BCUT2D eigenvalue weighted by Gasteiger charge is -2.28. The second-order valence-electron chi connectivity index (χ2n) is 4.66. The highest BCUT2D eigenvalue weighted by Crippen LogP contribution is 2.05. The van der Waals surface area contributed by atoms with Crippen LogP contribution in [0.4, 0.5) is 0 Å². The topological polar surface area (TPSA) is 41.1 Å². The molecule has 0 saturated carbocycles. The van der Waals surface area contributed by atoms with E-state index < -0.39 is 5.54 Å². The number of amides is 1. The zero-order valence-electron chi connectivity index (χ0n) is 10.3. The Hall–Kier alpha value is -0.570. The molecule has 0 aliphatic carbocycles. The first-order valence-corrected chi connectivity index (χ1v) is 5.37. The molecule has 0 fully saturated rings. The molecule has 0 radical (unpaired) electrons. The fraction of sp³-hybridized carbons (Fsp3) is 0.909. The van der Waals surface area contributed by atoms with Crippen LogP contribution in [-0.2, 0) is 4.79 Å². The summed E-state index contributed by atoms with van der Waals surface area (Å²) in [7, 11) is 0. The maximum absolute atomic E-state index is 11.8. The van der Waals surface area contributed by atoms with Crippen LogP contribution < -0.4 is 10.6 Å². The Morgan fingerprint density at radius 1 is 1.29 bits per heavy atom. The largest absolute Gasteiger partial charge is 0.352 e. The van der Waals surface area contributed by atoms with E-state index in [4.69, 9.17) is 0 Å². The van der Waals surface area contributed by atoms with Crippen LogP contribution in [0.1, 0.15) is 41.5 Å². The highest BCUT2D eigenvalue weighted by Gasteiger charge is 2.27. The molecule has 0 aromatic rings. The summed E-state index contributed by atoms with van der Waals surface area (Å²) in [6.07, 6.45) is 0. The Kier molecular flexibility index (Phi) is 5.13. The molecular weight excluding hydrogens is 176 g/mol. The van der Waals surface area contributed by atoms with E-state index in [0.717, 1.165) is 6.54 Å². The Morgan fingerprint density at radius 3 is 2.14 bits per heavy atom. The summed E-state index contributed by atoms with van der Waals surface area (Å²) in [6.45, 7) is 12.8. The second kappa shape index (κ2) is 5.35. The molecule has 84 valence electrons. The van der Waals surface area contributed by atoms with Crippen LogP contribution in [0.3, 0.4) is 0 Å². The maximum atomic E-state index is 11.8. The van der Waals surface area contributed by atoms with Crippen LogP contribution in [0.15, 0.2) is 0 Å². The highest BCUT2D eigenvalue weighted by atomic mass is 16.2. The number of hydrogen-bond donors (Lipinski definition) is 2. The summed E-state index contributed by atoms with van der Waals surface area (Å²) in [6, 6.07) is 0.223. The third kappa shape index (κ3) is 4.09. The summed E-state index contributed by atoms with van der Waals surface area (Å²) in [4.78, 5) is 11.8. The van der Waals surface area contributed by atoms with E-state index in [0.29, 0.717) is 5.92 Å². The van der Waals surface area contributed by atoms with E-state index in [2.05, 4.69) is 24.5 Å². The molecule has 3 heteroatoms. The average molecular weight is 200 g/mol. The van der Waals surface area contributed by atoms with Crippen LogP contribution in [0.25, 0.3) is 0 Å². The molecule has 0 rings (SSSR count). The molecule has 2 N–H and O–H groups in total. The van der Waals surface area contributed by atoms with Gasteiger partial charge in [-0.1, -0.05) is 20.8 Å². The van der Waals surface area contributed by atoms with Gasteiger partial charge in [-0.05, 0) is 33.2 Å². The van der Waals surface area contributed by atoms with Crippen molar-refractivity contribution in [2.75, 3.05) is 6.54 Å². The predicted molar refractivity (Wildman–Crippen MR) is 60.2 cm³/mol. The summed E-state index contributed by atoms with van der Waals surface area (Å²) < 4.78 is 0. The van der Waals surface area contributed by atoms with Crippen LogP contribution >= 0.6 is 0 Å². The van der Waals surface area contributed by atoms with Crippen molar-refractivity contribution in [1.29, 1.82) is 0 Å². The Morgan fingerprint density at radius 2 is 1.79 bits per heavy atom. The minimum atomic E-state index is -0.474. The van der Waals surface area contributed by atoms with Crippen molar-refractivity contribution in [3.63, 3.8) is 0 Å². The van der Waals surface area contributed by atoms with Crippen molar-refractivity contribution in [1.82, 2.24) is 10.6 Å². The Balaban J connectivity index is 4.19. The standard InChI is InChI=1S/C11H24N2O/c1-7-12-11(5,6)10(14)13-9(4)8(2)3/h8-9,12H,7H2,1-6H3,(H,13,14). The number of nitrogens with one attached hydrogen (secondary N) is 2. The van der Waals surface area contributed by atoms with Gasteiger partial charge in [-0.25, -0.2) is 0 Å². The number of hydrogen-bond acceptors (Lipinski definition) is 2. The number of carbonyl (C=O) groups excluding carboxylic acids is 1. The van der Waals surface area contributed by atoms with Gasteiger partial charge in [0.1, 0.15) is 0 Å². The lowest BCUT2D eigenvalue weighted by atomic mass is 10.0. The Labute approximate surface area is 87.6 Å². The monoisotopic (exact) mass is 200 g/mol. The van der Waals surface area contributed by atoms with Crippen LogP contribution in [0, 0.1) is 5.92 Å². The average Bonchev–Trinajstić information content (AvgIpc) is 2.03. The van der Waals surface area contributed by atoms with Gasteiger partial charge >= 0.3 is 0 Å². The molecule has 1 unspecified atom stereocenters. The van der Waals surface area contributed by atoms with E-state index in [9.17, 15) is 4.79 Å². The molecule has 0 bridgehead atoms. The normalized spacial score (nSPS) is 14.2. The predicted octanol–water partition coefficient (Wildman–Crippen LogP) is 1.54. The van der Waals surface area contributed by atoms with Gasteiger partial charge in [0, 0.05) is 6.04 Å². The van der Waals surface area contributed by atoms with Crippen LogP contribution in [0.2, 0.25) is 0 Å². The molecule has 0 aliphatic heterocycles. The summed E-state index contributed by atoms with van der Waals surface area (Å²) in [5, 5.41) is 6.16. The Bertz CT molecular complexity index is 188. The van der Waals surface area contributed by atoms with Crippen molar-refractivity contribution in [2.45, 2.75) is 53.1 Å². The van der Waals surface area contributed by atoms with Gasteiger partial charge in [0.15, 0.2) is 0 Å². The van der Waals surface area contributed by atoms with Gasteiger partial charge in [0.05, 0.1) is 5.54 Å². The molecule has 14 heavy (non-hydrogen) atoms. The van der Waals surface area contributed by atoms with E-state index >= 15 is 0 Å². The van der Waals surface area contributed by atoms with Gasteiger partial charge < -0.3 is 10.6 Å². The zero-order chi connectivity index (χ0) is 11.4. The SMILES string of the molecule is CCNC(C)(C)C(=O)NC(C)C(C)C. The van der Waals surface area contributed by atoms with Crippen molar-refractivity contribution in [2.24, 2.45) is 5.92 Å². The molecule has 1 atom stereocenters. The van der Waals surface area contributed by atoms with Crippen molar-refractivity contribution >= 4 is 5.91 Å². The first kappa shape index (κ1) is 13.4. The number of carbonyl (C=O) groups is 1. The summed E-state index contributed by atoms with van der Waals surface area (Å²) in [5.74, 6) is 0.539. The third-order valence-electron chi connectivity index (χ3n) is 2.55. The van der Waals surface area contributed by atoms with E-state index in [-0.39, 0.29) is 11.9 Å². The fourth-order valence-electron chi connectivity index (χ4n) is 1.08. The molecule has 0 heterocycles. The maximum Gasteiger partial charge on any atom is 0.239 e. The highest BCUT2D eigenvalue weighted by molar-refractivity contribution is 5.85. The number of rotatable bonds is 5. The quantitative estimate of drug-likeness (QED) is 0.706. The minimum Gasteiger partial charge on any atom is -0.352 e. The van der Waals surface area contributed by atoms with Gasteiger partial charge in [-0.15, -0.1) is 0 Å². The van der Waals surface area contributed by atoms with Gasteiger partial charge in [0.2, 0.25) is 5.91 Å². The third-order valence-corrected chi connectivity index (χ3v) is 2.55. The second-order valence-corrected chi connectivity index (χ2v) is 4.66. The van der Waals surface area contributed by atoms with Crippen LogP contribution in [0.5, 0.6) is 0 Å². The molecule has 0 saturated heterocycles. The number of likely N-dealkylation sites (N-methyl/N-ethyl adjacent to an activating group) is 1. The first-order valence-electron chi connectivity index (χ1n) is 5.37. The van der Waals surface area contributed by atoms with Crippen molar-refractivity contribution in [3.8, 4) is 0 Å². The van der Waals surface area contributed by atoms with E-state index in [1.807, 2.05) is 27.7 Å². The van der Waals surface area contributed by atoms with Crippen molar-refractivity contribution < 1.29 is 4.79 Å². The lowest BCUT2D eigenvalue weighted by molar-refractivity contribution is -0.127. The van der Waals surface area contributed by atoms with Crippen LogP contribution in [-0.4, -0.2) is 24.0 Å². The van der Waals surface area contributed by atoms with Gasteiger partial charge in [-0.3, -0.25) is 4.79 Å². The summed E-state index contributed by atoms with van der Waals surface area (Å²) in [5.41, 5.74) is -0.474. The van der Waals surface area contributed by atoms with Crippen molar-refractivity contribution in [3.05, 3.63) is 0 Å². The fourth-order valence-corrected chi connectivity index (χ4v) is 1.08.